The van der Waals surface area contributed by atoms with Gasteiger partial charge in [-0.1, -0.05) is 19.1 Å². The monoisotopic (exact) mass is 489 g/mol. The van der Waals surface area contributed by atoms with Gasteiger partial charge >= 0.3 is 0 Å². The average molecular weight is 489 g/mol. The molecule has 0 aliphatic heterocycles. The first kappa shape index (κ1) is 22.2. The Kier molecular flexibility index (Phi) is 8.86. The second kappa shape index (κ2) is 10.4. The molecule has 2 aromatic rings. The Morgan fingerprint density at radius 1 is 1.19 bits per heavy atom. The number of rotatable bonds is 7. The van der Waals surface area contributed by atoms with E-state index in [0.29, 0.717) is 24.9 Å². The molecule has 0 saturated heterocycles. The minimum Gasteiger partial charge on any atom is -0.492 e. The van der Waals surface area contributed by atoms with Crippen LogP contribution in [0.5, 0.6) is 5.75 Å². The Hall–Kier alpha value is -1.81. The summed E-state index contributed by atoms with van der Waals surface area (Å²) >= 11 is 0. The lowest BCUT2D eigenvalue weighted by Gasteiger charge is -2.08. The summed E-state index contributed by atoms with van der Waals surface area (Å²) in [7, 11) is -3.19. The van der Waals surface area contributed by atoms with E-state index in [1.807, 2.05) is 18.2 Å². The molecular formula is C18H24IN3O3S. The van der Waals surface area contributed by atoms with Crippen LogP contribution in [-0.2, 0) is 16.3 Å². The van der Waals surface area contributed by atoms with Crippen LogP contribution in [0.25, 0.3) is 0 Å². The lowest BCUT2D eigenvalue weighted by Crippen LogP contribution is -2.23. The average Bonchev–Trinajstić information content (AvgIpc) is 2.58. The van der Waals surface area contributed by atoms with Crippen LogP contribution in [0.4, 0.5) is 5.69 Å². The van der Waals surface area contributed by atoms with Crippen LogP contribution < -0.4 is 15.8 Å². The molecule has 2 rings (SSSR count). The molecule has 0 saturated carbocycles. The number of nitrogens with one attached hydrogen (secondary N) is 1. The second-order valence-electron chi connectivity index (χ2n) is 5.54. The van der Waals surface area contributed by atoms with Crippen LogP contribution >= 0.6 is 24.0 Å². The highest BCUT2D eigenvalue weighted by Gasteiger charge is 2.06. The minimum atomic E-state index is -3.19. The number of aryl methyl sites for hydroxylation is 1. The number of hydrogen-bond donors (Lipinski definition) is 2. The SMILES string of the molecule is CCc1cccc(NC(N)=NCCOc2ccc(S(C)(=O)=O)cc2)c1.I. The molecule has 0 fully saturated rings. The molecule has 0 spiro atoms. The van der Waals surface area contributed by atoms with Crippen molar-refractivity contribution < 1.29 is 13.2 Å². The summed E-state index contributed by atoms with van der Waals surface area (Å²) in [5.41, 5.74) is 7.98. The number of halogens is 1. The highest BCUT2D eigenvalue weighted by atomic mass is 127. The number of benzene rings is 2. The number of nitrogens with zero attached hydrogens (tertiary/aromatic N) is 1. The van der Waals surface area contributed by atoms with Crippen molar-refractivity contribution in [2.45, 2.75) is 18.2 Å². The van der Waals surface area contributed by atoms with E-state index in [0.717, 1.165) is 12.1 Å². The number of hydrogen-bond acceptors (Lipinski definition) is 4. The fourth-order valence-corrected chi connectivity index (χ4v) is 2.80. The van der Waals surface area contributed by atoms with Crippen molar-refractivity contribution in [1.29, 1.82) is 0 Å². The largest absolute Gasteiger partial charge is 0.492 e. The highest BCUT2D eigenvalue weighted by Crippen LogP contribution is 2.15. The van der Waals surface area contributed by atoms with Crippen molar-refractivity contribution >= 4 is 45.5 Å². The molecule has 3 N–H and O–H groups in total. The standard InChI is InChI=1S/C18H23N3O3S.HI/c1-3-14-5-4-6-15(13-14)21-18(19)20-11-12-24-16-7-9-17(10-8-16)25(2,22)23;/h4-10,13H,3,11-12H2,1-2H3,(H3,19,20,21);1H. The van der Waals surface area contributed by atoms with Gasteiger partial charge in [-0.15, -0.1) is 24.0 Å². The molecule has 0 aliphatic rings. The Bertz CT molecular complexity index is 837. The topological polar surface area (TPSA) is 93.8 Å². The first-order valence-electron chi connectivity index (χ1n) is 7.97. The number of sulfone groups is 1. The maximum absolute atomic E-state index is 11.4. The van der Waals surface area contributed by atoms with Gasteiger partial charge in [-0.3, -0.25) is 0 Å². The summed E-state index contributed by atoms with van der Waals surface area (Å²) in [6, 6.07) is 14.3. The van der Waals surface area contributed by atoms with Gasteiger partial charge in [0.1, 0.15) is 12.4 Å². The van der Waals surface area contributed by atoms with Gasteiger partial charge in [0.2, 0.25) is 0 Å². The number of aliphatic imine (C=N–C) groups is 1. The molecule has 6 nitrogen and oxygen atoms in total. The predicted molar refractivity (Wildman–Crippen MR) is 116 cm³/mol. The van der Waals surface area contributed by atoms with Crippen molar-refractivity contribution in [1.82, 2.24) is 0 Å². The normalized spacial score (nSPS) is 11.5. The summed E-state index contributed by atoms with van der Waals surface area (Å²) in [6.07, 6.45) is 2.13. The number of nitrogens with two attached hydrogens (primary N) is 1. The lowest BCUT2D eigenvalue weighted by atomic mass is 10.1. The van der Waals surface area contributed by atoms with Crippen molar-refractivity contribution in [3.05, 3.63) is 54.1 Å². The molecule has 0 bridgehead atoms. The minimum absolute atomic E-state index is 0. The molecule has 26 heavy (non-hydrogen) atoms. The summed E-state index contributed by atoms with van der Waals surface area (Å²) in [4.78, 5) is 4.47. The zero-order valence-corrected chi connectivity index (χ0v) is 18.0. The van der Waals surface area contributed by atoms with E-state index in [9.17, 15) is 8.42 Å². The molecular weight excluding hydrogens is 465 g/mol. The highest BCUT2D eigenvalue weighted by molar-refractivity contribution is 14.0. The van der Waals surface area contributed by atoms with Crippen LogP contribution in [0.1, 0.15) is 12.5 Å². The van der Waals surface area contributed by atoms with Crippen LogP contribution in [-0.4, -0.2) is 33.8 Å². The molecule has 0 radical (unpaired) electrons. The Balaban J connectivity index is 0.00000338. The summed E-state index contributed by atoms with van der Waals surface area (Å²) in [5, 5.41) is 3.04. The lowest BCUT2D eigenvalue weighted by molar-refractivity contribution is 0.328. The molecule has 8 heteroatoms. The van der Waals surface area contributed by atoms with E-state index in [2.05, 4.69) is 23.3 Å². The van der Waals surface area contributed by atoms with Gasteiger partial charge in [-0.25, -0.2) is 13.4 Å². The maximum Gasteiger partial charge on any atom is 0.193 e. The van der Waals surface area contributed by atoms with Gasteiger partial charge in [0, 0.05) is 11.9 Å². The van der Waals surface area contributed by atoms with Crippen molar-refractivity contribution in [2.75, 3.05) is 24.7 Å². The molecule has 142 valence electrons. The Labute approximate surface area is 171 Å². The third-order valence-corrected chi connectivity index (χ3v) is 4.63. The van der Waals surface area contributed by atoms with Crippen LogP contribution in [0, 0.1) is 0 Å². The summed E-state index contributed by atoms with van der Waals surface area (Å²) in [6.45, 7) is 2.83. The fourth-order valence-electron chi connectivity index (χ4n) is 2.17. The van der Waals surface area contributed by atoms with Crippen molar-refractivity contribution in [3.8, 4) is 5.75 Å². The first-order valence-corrected chi connectivity index (χ1v) is 9.86. The zero-order chi connectivity index (χ0) is 18.3. The third kappa shape index (κ3) is 7.20. The van der Waals surface area contributed by atoms with Crippen molar-refractivity contribution in [2.24, 2.45) is 10.7 Å². The van der Waals surface area contributed by atoms with E-state index in [4.69, 9.17) is 10.5 Å². The van der Waals surface area contributed by atoms with Gasteiger partial charge in [-0.05, 0) is 48.4 Å². The zero-order valence-electron chi connectivity index (χ0n) is 14.8. The molecule has 0 aliphatic carbocycles. The number of ether oxygens (including phenoxy) is 1. The predicted octanol–water partition coefficient (Wildman–Crippen LogP) is 3.08. The molecule has 0 amide bonds. The van der Waals surface area contributed by atoms with Crippen molar-refractivity contribution in [3.63, 3.8) is 0 Å². The van der Waals surface area contributed by atoms with E-state index < -0.39 is 9.84 Å². The Morgan fingerprint density at radius 3 is 2.50 bits per heavy atom. The molecule has 0 aromatic heterocycles. The first-order chi connectivity index (χ1) is 11.9. The van der Waals surface area contributed by atoms with E-state index in [1.165, 1.54) is 24.0 Å². The van der Waals surface area contributed by atoms with Crippen LogP contribution in [0.15, 0.2) is 58.4 Å². The molecule has 0 atom stereocenters. The molecule has 0 heterocycles. The second-order valence-corrected chi connectivity index (χ2v) is 7.55. The van der Waals surface area contributed by atoms with Gasteiger partial charge < -0.3 is 15.8 Å². The molecule has 2 aromatic carbocycles. The molecule has 0 unspecified atom stereocenters. The fraction of sp³-hybridized carbons (Fsp3) is 0.278. The van der Waals surface area contributed by atoms with Crippen LogP contribution in [0.2, 0.25) is 0 Å². The van der Waals surface area contributed by atoms with E-state index in [1.54, 1.807) is 12.1 Å². The third-order valence-electron chi connectivity index (χ3n) is 3.50. The van der Waals surface area contributed by atoms with E-state index in [-0.39, 0.29) is 28.9 Å². The van der Waals surface area contributed by atoms with E-state index >= 15 is 0 Å². The van der Waals surface area contributed by atoms with Crippen LogP contribution in [0.3, 0.4) is 0 Å². The quantitative estimate of drug-likeness (QED) is 0.270. The Morgan fingerprint density at radius 2 is 1.88 bits per heavy atom. The smallest absolute Gasteiger partial charge is 0.193 e. The van der Waals surface area contributed by atoms with Gasteiger partial charge in [0.05, 0.1) is 11.4 Å². The number of guanidine groups is 1. The number of anilines is 1. The maximum atomic E-state index is 11.4. The van der Waals surface area contributed by atoms with Gasteiger partial charge in [0.25, 0.3) is 0 Å². The summed E-state index contributed by atoms with van der Waals surface area (Å²) in [5.74, 6) is 0.911. The van der Waals surface area contributed by atoms with Gasteiger partial charge in [-0.2, -0.15) is 0 Å². The van der Waals surface area contributed by atoms with Gasteiger partial charge in [0.15, 0.2) is 15.8 Å². The summed E-state index contributed by atoms with van der Waals surface area (Å²) < 4.78 is 28.3.